The Balaban J connectivity index is 1.15. The molecule has 0 aromatic heterocycles. The largest absolute Gasteiger partial charge is 0.478 e. The molecule has 2 fully saturated rings. The molecule has 0 amide bonds. The Bertz CT molecular complexity index is 860. The molecule has 4 nitrogen and oxygen atoms in total. The van der Waals surface area contributed by atoms with E-state index in [0.29, 0.717) is 22.9 Å². The predicted octanol–water partition coefficient (Wildman–Crippen LogP) is 3.63. The number of benzene rings is 2. The third kappa shape index (κ3) is 3.52. The van der Waals surface area contributed by atoms with Gasteiger partial charge in [-0.25, -0.2) is 4.79 Å². The maximum Gasteiger partial charge on any atom is 0.335 e. The minimum Gasteiger partial charge on any atom is -0.478 e. The maximum absolute atomic E-state index is 11.2. The number of aromatic carboxylic acids is 1. The molecule has 2 saturated carbocycles. The highest BCUT2D eigenvalue weighted by atomic mass is 16.4. The van der Waals surface area contributed by atoms with E-state index in [-0.39, 0.29) is 0 Å². The van der Waals surface area contributed by atoms with Crippen molar-refractivity contribution in [2.75, 3.05) is 13.1 Å². The van der Waals surface area contributed by atoms with Crippen LogP contribution in [0, 0.1) is 5.41 Å². The Morgan fingerprint density at radius 1 is 1.11 bits per heavy atom. The van der Waals surface area contributed by atoms with Crippen LogP contribution in [0.15, 0.2) is 48.5 Å². The molecule has 2 N–H and O–H groups in total. The number of carbonyl (C=O) groups is 1. The van der Waals surface area contributed by atoms with Gasteiger partial charge in [0.2, 0.25) is 0 Å². The number of carboxylic acids is 1. The Kier molecular flexibility index (Phi) is 4.06. The van der Waals surface area contributed by atoms with Crippen LogP contribution in [-0.4, -0.2) is 35.1 Å². The third-order valence-corrected chi connectivity index (χ3v) is 6.51. The molecule has 140 valence electrons. The van der Waals surface area contributed by atoms with Gasteiger partial charge in [-0.1, -0.05) is 36.4 Å². The van der Waals surface area contributed by atoms with Crippen LogP contribution in [0.1, 0.15) is 52.2 Å². The molecule has 0 radical (unpaired) electrons. The van der Waals surface area contributed by atoms with Crippen LogP contribution in [0.4, 0.5) is 0 Å². The summed E-state index contributed by atoms with van der Waals surface area (Å²) in [6.07, 6.45) is 3.86. The number of fused-ring (bicyclic) bond motifs is 1. The van der Waals surface area contributed by atoms with Gasteiger partial charge in [0, 0.05) is 38.1 Å². The lowest BCUT2D eigenvalue weighted by Gasteiger charge is -2.23. The molecule has 1 heterocycles. The molecule has 3 aliphatic rings. The van der Waals surface area contributed by atoms with Crippen molar-refractivity contribution in [3.8, 4) is 0 Å². The minimum absolute atomic E-state index is 0.402. The number of nitrogens with one attached hydrogen (secondary N) is 1. The fourth-order valence-corrected chi connectivity index (χ4v) is 4.59. The summed E-state index contributed by atoms with van der Waals surface area (Å²) in [6, 6.07) is 17.0. The van der Waals surface area contributed by atoms with E-state index in [9.17, 15) is 9.90 Å². The van der Waals surface area contributed by atoms with Crippen LogP contribution < -0.4 is 5.32 Å². The van der Waals surface area contributed by atoms with Crippen LogP contribution in [0.5, 0.6) is 0 Å². The number of rotatable bonds is 7. The zero-order chi connectivity index (χ0) is 18.4. The first-order valence-electron chi connectivity index (χ1n) is 9.98. The molecule has 0 bridgehead atoms. The lowest BCUT2D eigenvalue weighted by Crippen LogP contribution is -2.34. The van der Waals surface area contributed by atoms with Gasteiger partial charge in [0.25, 0.3) is 0 Å². The van der Waals surface area contributed by atoms with Gasteiger partial charge in [-0.05, 0) is 53.5 Å². The standard InChI is InChI=1S/C23H26N2O2/c26-22(27)17-6-7-18-12-25(13-19(18)10-17)15-23(8-9-23)14-24-21-11-20(21)16-4-2-1-3-5-16/h1-7,10,20-21,24H,8-9,11-15H2,(H,26,27)/t20?,21-/m0/s1. The highest BCUT2D eigenvalue weighted by molar-refractivity contribution is 5.87. The van der Waals surface area contributed by atoms with Gasteiger partial charge >= 0.3 is 5.97 Å². The first kappa shape index (κ1) is 17.0. The zero-order valence-electron chi connectivity index (χ0n) is 15.5. The molecule has 0 saturated heterocycles. The summed E-state index contributed by atoms with van der Waals surface area (Å²) < 4.78 is 0. The number of hydrogen-bond donors (Lipinski definition) is 2. The van der Waals surface area contributed by atoms with Crippen LogP contribution in [0.3, 0.4) is 0 Å². The Hall–Kier alpha value is -2.17. The first-order valence-corrected chi connectivity index (χ1v) is 9.98. The summed E-state index contributed by atoms with van der Waals surface area (Å²) in [5.41, 5.74) is 4.75. The summed E-state index contributed by atoms with van der Waals surface area (Å²) >= 11 is 0. The fraction of sp³-hybridized carbons (Fsp3) is 0.435. The predicted molar refractivity (Wildman–Crippen MR) is 105 cm³/mol. The molecule has 5 rings (SSSR count). The molecule has 2 aromatic carbocycles. The third-order valence-electron chi connectivity index (χ3n) is 6.51. The average molecular weight is 362 g/mol. The van der Waals surface area contributed by atoms with E-state index in [1.807, 2.05) is 12.1 Å². The van der Waals surface area contributed by atoms with Gasteiger partial charge < -0.3 is 10.4 Å². The first-order chi connectivity index (χ1) is 13.1. The van der Waals surface area contributed by atoms with Crippen LogP contribution >= 0.6 is 0 Å². The van der Waals surface area contributed by atoms with Gasteiger partial charge in [-0.2, -0.15) is 0 Å². The monoisotopic (exact) mass is 362 g/mol. The van der Waals surface area contributed by atoms with E-state index in [0.717, 1.165) is 26.2 Å². The molecular formula is C23H26N2O2. The van der Waals surface area contributed by atoms with E-state index in [1.54, 1.807) is 6.07 Å². The Labute approximate surface area is 160 Å². The maximum atomic E-state index is 11.2. The summed E-state index contributed by atoms with van der Waals surface area (Å²) in [4.78, 5) is 13.7. The van der Waals surface area contributed by atoms with Crippen molar-refractivity contribution >= 4 is 5.97 Å². The summed E-state index contributed by atoms with van der Waals surface area (Å²) in [7, 11) is 0. The van der Waals surface area contributed by atoms with E-state index in [2.05, 4.69) is 40.5 Å². The van der Waals surface area contributed by atoms with E-state index in [4.69, 9.17) is 0 Å². The lowest BCUT2D eigenvalue weighted by atomic mass is 10.1. The number of hydrogen-bond acceptors (Lipinski definition) is 3. The molecule has 2 atom stereocenters. The second kappa shape index (κ2) is 6.47. The van der Waals surface area contributed by atoms with E-state index >= 15 is 0 Å². The van der Waals surface area contributed by atoms with Crippen molar-refractivity contribution in [1.82, 2.24) is 10.2 Å². The highest BCUT2D eigenvalue weighted by Crippen LogP contribution is 2.48. The molecular weight excluding hydrogens is 336 g/mol. The molecule has 27 heavy (non-hydrogen) atoms. The second-order valence-electron chi connectivity index (χ2n) is 8.67. The molecule has 2 aromatic rings. The van der Waals surface area contributed by atoms with Crippen LogP contribution in [-0.2, 0) is 13.1 Å². The van der Waals surface area contributed by atoms with Crippen molar-refractivity contribution in [1.29, 1.82) is 0 Å². The fourth-order valence-electron chi connectivity index (χ4n) is 4.59. The Morgan fingerprint density at radius 3 is 2.63 bits per heavy atom. The summed E-state index contributed by atoms with van der Waals surface area (Å²) in [5.74, 6) is -0.149. The molecule has 1 aliphatic heterocycles. The van der Waals surface area contributed by atoms with Crippen molar-refractivity contribution in [2.45, 2.75) is 44.3 Å². The van der Waals surface area contributed by atoms with Crippen molar-refractivity contribution in [2.24, 2.45) is 5.41 Å². The molecule has 2 aliphatic carbocycles. The van der Waals surface area contributed by atoms with Crippen molar-refractivity contribution < 1.29 is 9.90 Å². The molecule has 4 heteroatoms. The SMILES string of the molecule is O=C(O)c1ccc2c(c1)CN(CC1(CN[C@H]3CC3c3ccccc3)CC1)C2. The van der Waals surface area contributed by atoms with Crippen LogP contribution in [0.2, 0.25) is 0 Å². The summed E-state index contributed by atoms with van der Waals surface area (Å²) in [6.45, 7) is 4.05. The lowest BCUT2D eigenvalue weighted by molar-refractivity contribution is 0.0696. The second-order valence-corrected chi connectivity index (χ2v) is 8.67. The van der Waals surface area contributed by atoms with E-state index in [1.165, 1.54) is 36.0 Å². The molecule has 1 unspecified atom stereocenters. The normalized spacial score (nSPS) is 25.2. The number of nitrogens with zero attached hydrogens (tertiary/aromatic N) is 1. The van der Waals surface area contributed by atoms with Crippen molar-refractivity contribution in [3.05, 3.63) is 70.8 Å². The topological polar surface area (TPSA) is 52.6 Å². The summed E-state index contributed by atoms with van der Waals surface area (Å²) in [5, 5.41) is 13.0. The minimum atomic E-state index is -0.837. The van der Waals surface area contributed by atoms with Gasteiger partial charge in [0.05, 0.1) is 5.56 Å². The van der Waals surface area contributed by atoms with Crippen LogP contribution in [0.25, 0.3) is 0 Å². The van der Waals surface area contributed by atoms with Gasteiger partial charge in [0.1, 0.15) is 0 Å². The van der Waals surface area contributed by atoms with E-state index < -0.39 is 5.97 Å². The average Bonchev–Trinajstić information content (AvgIpc) is 3.57. The van der Waals surface area contributed by atoms with Gasteiger partial charge in [-0.3, -0.25) is 4.90 Å². The Morgan fingerprint density at radius 2 is 1.89 bits per heavy atom. The van der Waals surface area contributed by atoms with Gasteiger partial charge in [0.15, 0.2) is 0 Å². The smallest absolute Gasteiger partial charge is 0.335 e. The molecule has 0 spiro atoms. The van der Waals surface area contributed by atoms with Gasteiger partial charge in [-0.15, -0.1) is 0 Å². The quantitative estimate of drug-likeness (QED) is 0.790. The number of carboxylic acid groups (broad SMARTS) is 1. The zero-order valence-corrected chi connectivity index (χ0v) is 15.5. The highest BCUT2D eigenvalue weighted by Gasteiger charge is 2.47. The van der Waals surface area contributed by atoms with Crippen molar-refractivity contribution in [3.63, 3.8) is 0 Å².